The summed E-state index contributed by atoms with van der Waals surface area (Å²) in [5, 5.41) is 0.473. The Kier molecular flexibility index (Phi) is 4.93. The zero-order valence-corrected chi connectivity index (χ0v) is 12.9. The molecule has 2 nitrogen and oxygen atoms in total. The fraction of sp³-hybridized carbons (Fsp3) is 0.143. The van der Waals surface area contributed by atoms with Crippen LogP contribution in [0.1, 0.15) is 22.7 Å². The van der Waals surface area contributed by atoms with Crippen molar-refractivity contribution in [3.63, 3.8) is 0 Å². The van der Waals surface area contributed by atoms with Gasteiger partial charge in [-0.05, 0) is 41.5 Å². The van der Waals surface area contributed by atoms with Crippen LogP contribution in [0.5, 0.6) is 0 Å². The topological polar surface area (TPSA) is 38.0 Å². The Hall–Kier alpha value is -1.08. The SMILES string of the molecule is NNC(c1ccc(C(F)(F)F)cc1)c1cc(Br)ccc1Cl. The van der Waals surface area contributed by atoms with E-state index in [4.69, 9.17) is 17.4 Å². The van der Waals surface area contributed by atoms with Crippen molar-refractivity contribution in [2.24, 2.45) is 5.84 Å². The van der Waals surface area contributed by atoms with E-state index in [0.29, 0.717) is 16.1 Å². The van der Waals surface area contributed by atoms with Gasteiger partial charge >= 0.3 is 6.18 Å². The van der Waals surface area contributed by atoms with Crippen LogP contribution < -0.4 is 11.3 Å². The third-order valence-electron chi connectivity index (χ3n) is 3.01. The normalized spacial score (nSPS) is 13.2. The van der Waals surface area contributed by atoms with Crippen molar-refractivity contribution < 1.29 is 13.2 Å². The molecule has 0 aliphatic carbocycles. The van der Waals surface area contributed by atoms with Crippen LogP contribution in [0.3, 0.4) is 0 Å². The first-order valence-corrected chi connectivity index (χ1v) is 7.08. The maximum Gasteiger partial charge on any atom is 0.416 e. The molecule has 0 aromatic heterocycles. The van der Waals surface area contributed by atoms with E-state index in [9.17, 15) is 13.2 Å². The number of rotatable bonds is 3. The zero-order chi connectivity index (χ0) is 15.6. The predicted molar refractivity (Wildman–Crippen MR) is 79.8 cm³/mol. The van der Waals surface area contributed by atoms with Crippen LogP contribution in [-0.2, 0) is 6.18 Å². The first kappa shape index (κ1) is 16.3. The molecule has 0 radical (unpaired) electrons. The lowest BCUT2D eigenvalue weighted by Crippen LogP contribution is -2.29. The summed E-state index contributed by atoms with van der Waals surface area (Å²) in [6, 6.07) is 9.52. The Bertz CT molecular complexity index is 629. The molecule has 0 spiro atoms. The molecule has 1 atom stereocenters. The van der Waals surface area contributed by atoms with Crippen LogP contribution in [0.15, 0.2) is 46.9 Å². The largest absolute Gasteiger partial charge is 0.416 e. The number of hydrogen-bond acceptors (Lipinski definition) is 2. The highest BCUT2D eigenvalue weighted by molar-refractivity contribution is 9.10. The first-order chi connectivity index (χ1) is 9.82. The van der Waals surface area contributed by atoms with Crippen molar-refractivity contribution in [1.29, 1.82) is 0 Å². The third-order valence-corrected chi connectivity index (χ3v) is 3.84. The van der Waals surface area contributed by atoms with Gasteiger partial charge in [-0.25, -0.2) is 5.43 Å². The molecular weight excluding hydrogens is 369 g/mol. The number of benzene rings is 2. The predicted octanol–water partition coefficient (Wildman–Crippen LogP) is 4.67. The molecular formula is C14H11BrClF3N2. The number of nitrogens with two attached hydrogens (primary N) is 1. The minimum atomic E-state index is -4.36. The molecule has 0 saturated heterocycles. The molecule has 0 saturated carbocycles. The molecule has 0 amide bonds. The van der Waals surface area contributed by atoms with Gasteiger partial charge in [-0.1, -0.05) is 39.7 Å². The molecule has 0 heterocycles. The number of nitrogens with one attached hydrogen (secondary N) is 1. The van der Waals surface area contributed by atoms with Crippen molar-refractivity contribution in [2.45, 2.75) is 12.2 Å². The number of hydrazine groups is 1. The highest BCUT2D eigenvalue weighted by Gasteiger charge is 2.30. The molecule has 0 aliphatic rings. The van der Waals surface area contributed by atoms with Crippen molar-refractivity contribution in [3.8, 4) is 0 Å². The second-order valence-electron chi connectivity index (χ2n) is 4.39. The highest BCUT2D eigenvalue weighted by Crippen LogP contribution is 2.33. The summed E-state index contributed by atoms with van der Waals surface area (Å²) in [4.78, 5) is 0. The number of halogens is 5. The van der Waals surface area contributed by atoms with E-state index in [1.165, 1.54) is 12.1 Å². The van der Waals surface area contributed by atoms with Gasteiger partial charge in [0.25, 0.3) is 0 Å². The Morgan fingerprint density at radius 1 is 1.10 bits per heavy atom. The fourth-order valence-corrected chi connectivity index (χ4v) is 2.57. The average molecular weight is 380 g/mol. The maximum atomic E-state index is 12.6. The van der Waals surface area contributed by atoms with E-state index in [2.05, 4.69) is 21.4 Å². The van der Waals surface area contributed by atoms with Gasteiger partial charge in [0.2, 0.25) is 0 Å². The quantitative estimate of drug-likeness (QED) is 0.600. The molecule has 2 aromatic carbocycles. The summed E-state index contributed by atoms with van der Waals surface area (Å²) >= 11 is 9.46. The highest BCUT2D eigenvalue weighted by atomic mass is 79.9. The lowest BCUT2D eigenvalue weighted by molar-refractivity contribution is -0.137. The molecule has 2 aromatic rings. The summed E-state index contributed by atoms with van der Waals surface area (Å²) in [5.41, 5.74) is 3.13. The summed E-state index contributed by atoms with van der Waals surface area (Å²) in [7, 11) is 0. The van der Waals surface area contributed by atoms with Crippen molar-refractivity contribution in [1.82, 2.24) is 5.43 Å². The summed E-state index contributed by atoms with van der Waals surface area (Å²) < 4.78 is 38.5. The molecule has 21 heavy (non-hydrogen) atoms. The second-order valence-corrected chi connectivity index (χ2v) is 5.71. The van der Waals surface area contributed by atoms with E-state index in [1.54, 1.807) is 18.2 Å². The fourth-order valence-electron chi connectivity index (χ4n) is 1.97. The average Bonchev–Trinajstić information content (AvgIpc) is 2.43. The van der Waals surface area contributed by atoms with Crippen molar-refractivity contribution >= 4 is 27.5 Å². The van der Waals surface area contributed by atoms with E-state index in [0.717, 1.165) is 16.6 Å². The first-order valence-electron chi connectivity index (χ1n) is 5.91. The van der Waals surface area contributed by atoms with E-state index in [-0.39, 0.29) is 0 Å². The lowest BCUT2D eigenvalue weighted by atomic mass is 9.98. The van der Waals surface area contributed by atoms with E-state index >= 15 is 0 Å². The van der Waals surface area contributed by atoms with Gasteiger partial charge in [-0.3, -0.25) is 5.84 Å². The van der Waals surface area contributed by atoms with Crippen molar-refractivity contribution in [2.75, 3.05) is 0 Å². The van der Waals surface area contributed by atoms with Gasteiger partial charge in [0.05, 0.1) is 11.6 Å². The number of alkyl halides is 3. The van der Waals surface area contributed by atoms with E-state index in [1.807, 2.05) is 0 Å². The van der Waals surface area contributed by atoms with Crippen LogP contribution in [0.25, 0.3) is 0 Å². The van der Waals surface area contributed by atoms with Gasteiger partial charge in [0.15, 0.2) is 0 Å². The number of hydrogen-bond donors (Lipinski definition) is 2. The van der Waals surface area contributed by atoms with Gasteiger partial charge in [-0.2, -0.15) is 13.2 Å². The third kappa shape index (κ3) is 3.77. The van der Waals surface area contributed by atoms with Crippen LogP contribution >= 0.6 is 27.5 Å². The van der Waals surface area contributed by atoms with Gasteiger partial charge in [0, 0.05) is 9.50 Å². The van der Waals surface area contributed by atoms with E-state index < -0.39 is 17.8 Å². The smallest absolute Gasteiger partial charge is 0.271 e. The molecule has 1 unspecified atom stereocenters. The summed E-state index contributed by atoms with van der Waals surface area (Å²) in [6.45, 7) is 0. The van der Waals surface area contributed by atoms with Crippen molar-refractivity contribution in [3.05, 3.63) is 68.7 Å². The summed E-state index contributed by atoms with van der Waals surface area (Å²) in [5.74, 6) is 5.53. The standard InChI is InChI=1S/C14H11BrClF3N2/c15-10-5-6-12(16)11(7-10)13(21-20)8-1-3-9(4-2-8)14(17,18)19/h1-7,13,21H,20H2. The lowest BCUT2D eigenvalue weighted by Gasteiger charge is -2.19. The molecule has 0 aliphatic heterocycles. The van der Waals surface area contributed by atoms with Gasteiger partial charge in [0.1, 0.15) is 0 Å². The molecule has 7 heteroatoms. The minimum absolute atomic E-state index is 0.473. The Morgan fingerprint density at radius 2 is 1.71 bits per heavy atom. The Labute approximate surface area is 133 Å². The maximum absolute atomic E-state index is 12.6. The minimum Gasteiger partial charge on any atom is -0.271 e. The molecule has 2 rings (SSSR count). The van der Waals surface area contributed by atoms with Gasteiger partial charge < -0.3 is 0 Å². The molecule has 112 valence electrons. The van der Waals surface area contributed by atoms with Crippen LogP contribution in [0.2, 0.25) is 5.02 Å². The van der Waals surface area contributed by atoms with Gasteiger partial charge in [-0.15, -0.1) is 0 Å². The Morgan fingerprint density at radius 3 is 2.24 bits per heavy atom. The second kappa shape index (κ2) is 6.36. The molecule has 0 bridgehead atoms. The van der Waals surface area contributed by atoms with Crippen LogP contribution in [0.4, 0.5) is 13.2 Å². The summed E-state index contributed by atoms with van der Waals surface area (Å²) in [6.07, 6.45) is -4.36. The Balaban J connectivity index is 2.40. The van der Waals surface area contributed by atoms with Crippen LogP contribution in [0, 0.1) is 0 Å². The monoisotopic (exact) mass is 378 g/mol. The van der Waals surface area contributed by atoms with Crippen LogP contribution in [-0.4, -0.2) is 0 Å². The molecule has 3 N–H and O–H groups in total. The molecule has 0 fully saturated rings. The zero-order valence-electron chi connectivity index (χ0n) is 10.6.